The third kappa shape index (κ3) is 4.39. The van der Waals surface area contributed by atoms with Gasteiger partial charge in [0.15, 0.2) is 15.3 Å². The summed E-state index contributed by atoms with van der Waals surface area (Å²) in [5, 5.41) is 11.2. The van der Waals surface area contributed by atoms with Crippen LogP contribution in [-0.2, 0) is 22.6 Å². The molecular formula is C38H23FN4O4S2. The molecule has 0 aliphatic carbocycles. The Morgan fingerprint density at radius 3 is 2.47 bits per heavy atom. The van der Waals surface area contributed by atoms with Gasteiger partial charge >= 0.3 is 0 Å². The summed E-state index contributed by atoms with van der Waals surface area (Å²) < 4.78 is 21.2. The zero-order valence-corrected chi connectivity index (χ0v) is 27.1. The molecule has 2 aliphatic rings. The summed E-state index contributed by atoms with van der Waals surface area (Å²) >= 11 is 2.62. The van der Waals surface area contributed by atoms with Crippen molar-refractivity contribution in [1.82, 2.24) is 10.2 Å². The molecular weight excluding hydrogens is 660 g/mol. The number of para-hydroxylation sites is 1. The van der Waals surface area contributed by atoms with Crippen molar-refractivity contribution in [2.24, 2.45) is 0 Å². The van der Waals surface area contributed by atoms with Crippen molar-refractivity contribution >= 4 is 67.5 Å². The van der Waals surface area contributed by atoms with Crippen LogP contribution in [0.5, 0.6) is 0 Å². The van der Waals surface area contributed by atoms with E-state index in [9.17, 15) is 14.0 Å². The van der Waals surface area contributed by atoms with Crippen LogP contribution in [0.15, 0.2) is 129 Å². The minimum Gasteiger partial charge on any atom is -0.450 e. The summed E-state index contributed by atoms with van der Waals surface area (Å²) in [6.45, 7) is 0.186. The molecule has 0 saturated carbocycles. The van der Waals surface area contributed by atoms with E-state index in [0.717, 1.165) is 45.4 Å². The van der Waals surface area contributed by atoms with Gasteiger partial charge in [0, 0.05) is 11.3 Å². The van der Waals surface area contributed by atoms with Crippen LogP contribution in [0.2, 0.25) is 0 Å². The molecule has 9 rings (SSSR count). The molecule has 1 spiro atoms. The first-order valence-corrected chi connectivity index (χ1v) is 17.2. The van der Waals surface area contributed by atoms with Crippen molar-refractivity contribution in [2.75, 3.05) is 9.80 Å². The number of thioether (sulfide) groups is 1. The highest BCUT2D eigenvalue weighted by Gasteiger charge is 2.66. The number of benzene rings is 5. The van der Waals surface area contributed by atoms with Gasteiger partial charge in [-0.05, 0) is 46.2 Å². The molecule has 11 heteroatoms. The van der Waals surface area contributed by atoms with E-state index in [1.807, 2.05) is 48.5 Å². The normalized spacial score (nSPS) is 16.7. The van der Waals surface area contributed by atoms with Gasteiger partial charge < -0.3 is 9.32 Å². The molecule has 4 heterocycles. The van der Waals surface area contributed by atoms with Crippen LogP contribution in [0.1, 0.15) is 32.8 Å². The number of hydrogen-bond donors (Lipinski definition) is 0. The van der Waals surface area contributed by atoms with E-state index in [4.69, 9.17) is 4.42 Å². The molecule has 49 heavy (non-hydrogen) atoms. The minimum atomic E-state index is -1.96. The summed E-state index contributed by atoms with van der Waals surface area (Å²) in [7, 11) is 0. The Hall–Kier alpha value is -5.65. The number of amides is 2. The van der Waals surface area contributed by atoms with Crippen molar-refractivity contribution in [3.05, 3.63) is 159 Å². The predicted molar refractivity (Wildman–Crippen MR) is 188 cm³/mol. The average Bonchev–Trinajstić information content (AvgIpc) is 3.77. The van der Waals surface area contributed by atoms with Crippen LogP contribution in [0.4, 0.5) is 15.2 Å². The second-order valence-electron chi connectivity index (χ2n) is 11.8. The SMILES string of the molecule is O=C1c2oc3ccc(F)cc3c(=O)c2C2(C(=O)N(Cc3ccccc3)c3ccccc32)N1c1nnc(SCc2cccc3ccccc23)s1. The Morgan fingerprint density at radius 1 is 0.816 bits per heavy atom. The molecule has 8 nitrogen and oxygen atoms in total. The van der Waals surface area contributed by atoms with E-state index >= 15 is 4.79 Å². The fourth-order valence-corrected chi connectivity index (χ4v) is 8.86. The second-order valence-corrected chi connectivity index (χ2v) is 14.0. The summed E-state index contributed by atoms with van der Waals surface area (Å²) in [5.41, 5.74) is 0.187. The lowest BCUT2D eigenvalue weighted by Crippen LogP contribution is -2.53. The van der Waals surface area contributed by atoms with Crippen molar-refractivity contribution in [3.63, 3.8) is 0 Å². The van der Waals surface area contributed by atoms with Gasteiger partial charge in [0.25, 0.3) is 11.8 Å². The van der Waals surface area contributed by atoms with Crippen LogP contribution in [0.25, 0.3) is 21.7 Å². The zero-order chi connectivity index (χ0) is 33.3. The Morgan fingerprint density at radius 2 is 1.59 bits per heavy atom. The van der Waals surface area contributed by atoms with E-state index in [1.54, 1.807) is 29.2 Å². The van der Waals surface area contributed by atoms with Crippen LogP contribution < -0.4 is 15.2 Å². The van der Waals surface area contributed by atoms with Gasteiger partial charge in [0.2, 0.25) is 10.9 Å². The predicted octanol–water partition coefficient (Wildman–Crippen LogP) is 7.68. The average molecular weight is 683 g/mol. The Labute approximate surface area is 286 Å². The molecule has 2 aliphatic heterocycles. The van der Waals surface area contributed by atoms with Crippen LogP contribution in [0.3, 0.4) is 0 Å². The number of hydrogen-bond acceptors (Lipinski definition) is 8. The number of fused-ring (bicyclic) bond motifs is 6. The van der Waals surface area contributed by atoms with Crippen LogP contribution >= 0.6 is 23.1 Å². The van der Waals surface area contributed by atoms with Gasteiger partial charge in [0.05, 0.1) is 23.2 Å². The third-order valence-corrected chi connectivity index (χ3v) is 11.2. The molecule has 0 bridgehead atoms. The quantitative estimate of drug-likeness (QED) is 0.131. The van der Waals surface area contributed by atoms with Crippen molar-refractivity contribution in [1.29, 1.82) is 0 Å². The zero-order valence-electron chi connectivity index (χ0n) is 25.5. The maximum absolute atomic E-state index is 15.1. The molecule has 7 aromatic rings. The van der Waals surface area contributed by atoms with Gasteiger partial charge in [-0.1, -0.05) is 114 Å². The van der Waals surface area contributed by atoms with E-state index in [-0.39, 0.29) is 34.0 Å². The fraction of sp³-hybridized carbons (Fsp3) is 0.0789. The smallest absolute Gasteiger partial charge is 0.297 e. The van der Waals surface area contributed by atoms with E-state index in [1.165, 1.54) is 22.7 Å². The van der Waals surface area contributed by atoms with Gasteiger partial charge in [-0.25, -0.2) is 4.39 Å². The fourth-order valence-electron chi connectivity index (χ4n) is 6.97. The summed E-state index contributed by atoms with van der Waals surface area (Å²) in [5.74, 6) is -1.55. The highest BCUT2D eigenvalue weighted by Crippen LogP contribution is 2.55. The molecule has 1 unspecified atom stereocenters. The minimum absolute atomic E-state index is 0.0407. The van der Waals surface area contributed by atoms with E-state index in [2.05, 4.69) is 34.5 Å². The van der Waals surface area contributed by atoms with Crippen molar-refractivity contribution < 1.29 is 18.4 Å². The van der Waals surface area contributed by atoms with Gasteiger partial charge in [0.1, 0.15) is 11.4 Å². The Bertz CT molecular complexity index is 2550. The maximum Gasteiger partial charge on any atom is 0.297 e. The Balaban J connectivity index is 1.21. The first-order valence-electron chi connectivity index (χ1n) is 15.4. The number of carbonyl (C=O) groups is 2. The molecule has 5 aromatic carbocycles. The maximum atomic E-state index is 15.1. The molecule has 1 atom stereocenters. The van der Waals surface area contributed by atoms with Crippen molar-refractivity contribution in [2.45, 2.75) is 22.2 Å². The monoisotopic (exact) mass is 682 g/mol. The van der Waals surface area contributed by atoms with Gasteiger partial charge in [-0.15, -0.1) is 10.2 Å². The molecule has 2 aromatic heterocycles. The number of anilines is 2. The number of nitrogens with zero attached hydrogens (tertiary/aromatic N) is 4. The number of aromatic nitrogens is 2. The van der Waals surface area contributed by atoms with E-state index in [0.29, 0.717) is 21.3 Å². The largest absolute Gasteiger partial charge is 0.450 e. The topological polar surface area (TPSA) is 96.6 Å². The number of halogens is 1. The Kier molecular flexibility index (Phi) is 6.75. The lowest BCUT2D eigenvalue weighted by atomic mass is 9.84. The second kappa shape index (κ2) is 11.2. The molecule has 0 saturated heterocycles. The first-order chi connectivity index (χ1) is 23.9. The summed E-state index contributed by atoms with van der Waals surface area (Å²) in [6, 6.07) is 34.4. The lowest BCUT2D eigenvalue weighted by Gasteiger charge is -2.32. The highest BCUT2D eigenvalue weighted by molar-refractivity contribution is 8.00. The molecule has 238 valence electrons. The molecule has 2 amide bonds. The lowest BCUT2D eigenvalue weighted by molar-refractivity contribution is -0.121. The van der Waals surface area contributed by atoms with Crippen LogP contribution in [0, 0.1) is 5.82 Å². The molecule has 0 fully saturated rings. The van der Waals surface area contributed by atoms with Gasteiger partial charge in [-0.2, -0.15) is 0 Å². The van der Waals surface area contributed by atoms with E-state index < -0.39 is 28.6 Å². The molecule has 0 radical (unpaired) electrons. The van der Waals surface area contributed by atoms with Crippen molar-refractivity contribution in [3.8, 4) is 0 Å². The third-order valence-electron chi connectivity index (χ3n) is 9.09. The number of carbonyl (C=O) groups excluding carboxylic acids is 2. The highest BCUT2D eigenvalue weighted by atomic mass is 32.2. The van der Waals surface area contributed by atoms with Gasteiger partial charge in [-0.3, -0.25) is 19.3 Å². The first kappa shape index (κ1) is 29.5. The van der Waals surface area contributed by atoms with Crippen LogP contribution in [-0.4, -0.2) is 22.0 Å². The molecule has 0 N–H and O–H groups in total. The summed E-state index contributed by atoms with van der Waals surface area (Å²) in [4.78, 5) is 46.9. The summed E-state index contributed by atoms with van der Waals surface area (Å²) in [6.07, 6.45) is 0. The standard InChI is InChI=1S/C38H23FN4O4S2/c39-25-17-18-30-27(19-25)32(44)31-33(47-30)34(45)43(36-40-41-37(49-36)48-21-24-13-8-12-23-11-4-5-14-26(23)24)38(31)28-15-6-7-16-29(28)42(35(38)46)20-22-9-2-1-3-10-22/h1-19H,20-21H2. The number of rotatable bonds is 6.